The molecule has 6 heteroatoms. The number of hydrogen-bond donors (Lipinski definition) is 1. The van der Waals surface area contributed by atoms with Crippen LogP contribution in [0.3, 0.4) is 0 Å². The zero-order chi connectivity index (χ0) is 13.1. The summed E-state index contributed by atoms with van der Waals surface area (Å²) in [5, 5.41) is 0. The number of sulfonamides is 1. The molecule has 0 spiro atoms. The molecule has 96 valence electrons. The summed E-state index contributed by atoms with van der Waals surface area (Å²) in [4.78, 5) is 3.97. The molecule has 1 N–H and O–H groups in total. The summed E-state index contributed by atoms with van der Waals surface area (Å²) in [6, 6.07) is 3.37. The smallest absolute Gasteiger partial charge is 0.233 e. The fraction of sp³-hybridized carbons (Fsp3) is 0.545. The van der Waals surface area contributed by atoms with Crippen molar-refractivity contribution in [1.29, 1.82) is 0 Å². The molecule has 0 saturated heterocycles. The van der Waals surface area contributed by atoms with E-state index in [1.54, 1.807) is 18.3 Å². The van der Waals surface area contributed by atoms with E-state index in [0.29, 0.717) is 12.2 Å². The highest BCUT2D eigenvalue weighted by atomic mass is 79.9. The van der Waals surface area contributed by atoms with E-state index in [4.69, 9.17) is 0 Å². The minimum absolute atomic E-state index is 0.00188. The first-order chi connectivity index (χ1) is 7.68. The second kappa shape index (κ2) is 5.35. The van der Waals surface area contributed by atoms with Crippen LogP contribution in [0.25, 0.3) is 0 Å². The van der Waals surface area contributed by atoms with E-state index in [1.807, 2.05) is 20.8 Å². The van der Waals surface area contributed by atoms with Crippen LogP contribution in [0.4, 0.5) is 5.82 Å². The molecule has 0 atom stereocenters. The van der Waals surface area contributed by atoms with Gasteiger partial charge in [-0.2, -0.15) is 0 Å². The van der Waals surface area contributed by atoms with Gasteiger partial charge >= 0.3 is 0 Å². The van der Waals surface area contributed by atoms with Gasteiger partial charge in [0.2, 0.25) is 10.0 Å². The van der Waals surface area contributed by atoms with E-state index in [9.17, 15) is 8.42 Å². The van der Waals surface area contributed by atoms with Gasteiger partial charge in [-0.15, -0.1) is 0 Å². The van der Waals surface area contributed by atoms with E-state index in [2.05, 4.69) is 25.6 Å². The lowest BCUT2D eigenvalue weighted by molar-refractivity contribution is 0.397. The van der Waals surface area contributed by atoms with Gasteiger partial charge in [0.1, 0.15) is 5.82 Å². The Kier molecular flexibility index (Phi) is 4.55. The molecule has 0 amide bonds. The highest BCUT2D eigenvalue weighted by molar-refractivity contribution is 9.10. The molecule has 0 radical (unpaired) electrons. The summed E-state index contributed by atoms with van der Waals surface area (Å²) >= 11 is 3.24. The average Bonchev–Trinajstić information content (AvgIpc) is 2.18. The van der Waals surface area contributed by atoms with E-state index in [0.717, 1.165) is 4.47 Å². The van der Waals surface area contributed by atoms with E-state index < -0.39 is 10.0 Å². The fourth-order valence-electron chi connectivity index (χ4n) is 1.09. The summed E-state index contributed by atoms with van der Waals surface area (Å²) in [5.74, 6) is 0.455. The van der Waals surface area contributed by atoms with Crippen molar-refractivity contribution in [1.82, 2.24) is 4.98 Å². The van der Waals surface area contributed by atoms with Gasteiger partial charge in [-0.25, -0.2) is 13.4 Å². The van der Waals surface area contributed by atoms with Crippen LogP contribution < -0.4 is 4.72 Å². The zero-order valence-electron chi connectivity index (χ0n) is 10.2. The van der Waals surface area contributed by atoms with Crippen molar-refractivity contribution < 1.29 is 8.42 Å². The number of anilines is 1. The highest BCUT2D eigenvalue weighted by Gasteiger charge is 2.17. The summed E-state index contributed by atoms with van der Waals surface area (Å²) in [6.45, 7) is 6.04. The average molecular weight is 321 g/mol. The maximum Gasteiger partial charge on any atom is 0.233 e. The van der Waals surface area contributed by atoms with Crippen LogP contribution in [-0.2, 0) is 10.0 Å². The van der Waals surface area contributed by atoms with Gasteiger partial charge in [0, 0.05) is 10.7 Å². The van der Waals surface area contributed by atoms with Crippen LogP contribution in [0.15, 0.2) is 22.8 Å². The number of nitrogens with one attached hydrogen (secondary N) is 1. The molecular weight excluding hydrogens is 304 g/mol. The minimum Gasteiger partial charge on any atom is -0.267 e. The van der Waals surface area contributed by atoms with Crippen molar-refractivity contribution >= 4 is 31.8 Å². The minimum atomic E-state index is -3.31. The molecule has 1 aromatic heterocycles. The number of aromatic nitrogens is 1. The van der Waals surface area contributed by atoms with Crippen molar-refractivity contribution in [2.75, 3.05) is 10.5 Å². The second-order valence-corrected chi connectivity index (χ2v) is 7.85. The first kappa shape index (κ1) is 14.4. The van der Waals surface area contributed by atoms with Gasteiger partial charge < -0.3 is 0 Å². The van der Waals surface area contributed by atoms with Crippen molar-refractivity contribution in [3.8, 4) is 0 Å². The van der Waals surface area contributed by atoms with E-state index >= 15 is 0 Å². The monoisotopic (exact) mass is 320 g/mol. The summed E-state index contributed by atoms with van der Waals surface area (Å²) in [7, 11) is -3.31. The topological polar surface area (TPSA) is 59.1 Å². The van der Waals surface area contributed by atoms with Gasteiger partial charge in [-0.1, -0.05) is 20.8 Å². The van der Waals surface area contributed by atoms with Crippen LogP contribution >= 0.6 is 15.9 Å². The van der Waals surface area contributed by atoms with E-state index in [1.165, 1.54) is 0 Å². The molecule has 4 nitrogen and oxygen atoms in total. The maximum absolute atomic E-state index is 11.8. The lowest BCUT2D eigenvalue weighted by atomic mass is 9.94. The third-order valence-electron chi connectivity index (χ3n) is 2.11. The van der Waals surface area contributed by atoms with Crippen molar-refractivity contribution in [2.24, 2.45) is 5.41 Å². The highest BCUT2D eigenvalue weighted by Crippen LogP contribution is 2.20. The van der Waals surface area contributed by atoms with Gasteiger partial charge in [0.05, 0.1) is 5.75 Å². The molecule has 0 fully saturated rings. The molecule has 17 heavy (non-hydrogen) atoms. The lowest BCUT2D eigenvalue weighted by Crippen LogP contribution is -2.21. The van der Waals surface area contributed by atoms with Crippen molar-refractivity contribution in [2.45, 2.75) is 27.2 Å². The van der Waals surface area contributed by atoms with Crippen molar-refractivity contribution in [3.05, 3.63) is 22.8 Å². The summed E-state index contributed by atoms with van der Waals surface area (Å²) in [5.41, 5.74) is 0.00188. The molecule has 1 aromatic rings. The molecule has 0 aliphatic rings. The number of rotatable bonds is 4. The largest absolute Gasteiger partial charge is 0.267 e. The number of hydrogen-bond acceptors (Lipinski definition) is 3. The van der Waals surface area contributed by atoms with Crippen molar-refractivity contribution in [3.63, 3.8) is 0 Å². The maximum atomic E-state index is 11.8. The Morgan fingerprint density at radius 1 is 1.35 bits per heavy atom. The molecule has 1 rings (SSSR count). The number of halogens is 1. The first-order valence-corrected chi connectivity index (χ1v) is 7.75. The standard InChI is InChI=1S/C11H17BrN2O2S/c1-11(2,3)6-7-17(15,16)14-10-5-4-9(12)8-13-10/h4-5,8H,6-7H2,1-3H3,(H,13,14). The van der Waals surface area contributed by atoms with Gasteiger partial charge in [0.25, 0.3) is 0 Å². The SMILES string of the molecule is CC(C)(C)CCS(=O)(=O)Nc1ccc(Br)cn1. The normalized spacial score (nSPS) is 12.5. The molecule has 0 aromatic carbocycles. The molecule has 0 bridgehead atoms. The number of pyridine rings is 1. The lowest BCUT2D eigenvalue weighted by Gasteiger charge is -2.17. The first-order valence-electron chi connectivity index (χ1n) is 5.30. The van der Waals surface area contributed by atoms with Crippen LogP contribution in [0.1, 0.15) is 27.2 Å². The Hall–Kier alpha value is -0.620. The Bertz CT molecular complexity index is 463. The molecular formula is C11H17BrN2O2S. The molecule has 0 saturated carbocycles. The molecule has 1 heterocycles. The Morgan fingerprint density at radius 2 is 2.00 bits per heavy atom. The Labute approximate surface area is 111 Å². The van der Waals surface area contributed by atoms with Crippen LogP contribution in [-0.4, -0.2) is 19.2 Å². The molecule has 0 aliphatic heterocycles. The molecule has 0 unspecified atom stereocenters. The summed E-state index contributed by atoms with van der Waals surface area (Å²) in [6.07, 6.45) is 2.17. The van der Waals surface area contributed by atoms with Crippen LogP contribution in [0.2, 0.25) is 0 Å². The summed E-state index contributed by atoms with van der Waals surface area (Å²) < 4.78 is 26.8. The number of nitrogens with zero attached hydrogens (tertiary/aromatic N) is 1. The van der Waals surface area contributed by atoms with Gasteiger partial charge in [0.15, 0.2) is 0 Å². The second-order valence-electron chi connectivity index (χ2n) is 5.09. The third-order valence-corrected chi connectivity index (χ3v) is 3.84. The van der Waals surface area contributed by atoms with E-state index in [-0.39, 0.29) is 11.2 Å². The van der Waals surface area contributed by atoms with Gasteiger partial charge in [-0.3, -0.25) is 4.72 Å². The van der Waals surface area contributed by atoms with Gasteiger partial charge in [-0.05, 0) is 39.9 Å². The van der Waals surface area contributed by atoms with Crippen LogP contribution in [0.5, 0.6) is 0 Å². The quantitative estimate of drug-likeness (QED) is 0.927. The molecule has 0 aliphatic carbocycles. The van der Waals surface area contributed by atoms with Crippen LogP contribution in [0, 0.1) is 5.41 Å². The predicted molar refractivity (Wildman–Crippen MR) is 73.4 cm³/mol. The Morgan fingerprint density at radius 3 is 2.47 bits per heavy atom. The fourth-order valence-corrected chi connectivity index (χ4v) is 2.74. The zero-order valence-corrected chi connectivity index (χ0v) is 12.6. The third kappa shape index (κ3) is 6.02. The Balaban J connectivity index is 2.64. The predicted octanol–water partition coefficient (Wildman–Crippen LogP) is 3.02.